The molecule has 0 unspecified atom stereocenters. The van der Waals surface area contributed by atoms with Gasteiger partial charge in [0.25, 0.3) is 0 Å². The first-order valence-corrected chi connectivity index (χ1v) is 11.4. The van der Waals surface area contributed by atoms with Crippen molar-refractivity contribution < 1.29 is 27.4 Å². The van der Waals surface area contributed by atoms with Crippen molar-refractivity contribution in [3.8, 4) is 17.2 Å². The van der Waals surface area contributed by atoms with Crippen molar-refractivity contribution in [3.05, 3.63) is 42.0 Å². The van der Waals surface area contributed by atoms with Gasteiger partial charge in [-0.1, -0.05) is 6.07 Å². The Kier molecular flexibility index (Phi) is 6.03. The van der Waals surface area contributed by atoms with Crippen molar-refractivity contribution in [2.45, 2.75) is 18.4 Å². The van der Waals surface area contributed by atoms with E-state index < -0.39 is 10.0 Å². The predicted molar refractivity (Wildman–Crippen MR) is 114 cm³/mol. The van der Waals surface area contributed by atoms with Crippen LogP contribution in [0.15, 0.2) is 41.3 Å². The first-order chi connectivity index (χ1) is 14.9. The minimum atomic E-state index is -3.77. The zero-order valence-corrected chi connectivity index (χ0v) is 18.3. The van der Waals surface area contributed by atoms with Crippen LogP contribution < -0.4 is 19.5 Å². The van der Waals surface area contributed by atoms with Crippen molar-refractivity contribution in [1.82, 2.24) is 9.21 Å². The molecule has 1 N–H and O–H groups in total. The Hall–Kier alpha value is -2.82. The van der Waals surface area contributed by atoms with E-state index in [0.29, 0.717) is 38.4 Å². The van der Waals surface area contributed by atoms with Crippen LogP contribution in [-0.4, -0.2) is 63.6 Å². The molecule has 1 fully saturated rings. The summed E-state index contributed by atoms with van der Waals surface area (Å²) in [6.45, 7) is 4.23. The Labute approximate surface area is 181 Å². The molecule has 2 aliphatic rings. The Morgan fingerprint density at radius 2 is 1.81 bits per heavy atom. The number of amides is 1. The number of carbonyl (C=O) groups is 1. The van der Waals surface area contributed by atoms with E-state index in [-0.39, 0.29) is 23.3 Å². The minimum absolute atomic E-state index is 0.0467. The third kappa shape index (κ3) is 4.60. The van der Waals surface area contributed by atoms with Crippen LogP contribution in [0.25, 0.3) is 0 Å². The van der Waals surface area contributed by atoms with E-state index >= 15 is 0 Å². The van der Waals surface area contributed by atoms with Gasteiger partial charge in [0.05, 0.1) is 7.11 Å². The molecule has 10 heteroatoms. The van der Waals surface area contributed by atoms with E-state index in [0.717, 1.165) is 17.1 Å². The third-order valence-electron chi connectivity index (χ3n) is 5.28. The number of hydrogen-bond acceptors (Lipinski definition) is 7. The highest BCUT2D eigenvalue weighted by Gasteiger charge is 2.31. The first-order valence-electron chi connectivity index (χ1n) is 9.93. The van der Waals surface area contributed by atoms with Gasteiger partial charge in [-0.25, -0.2) is 8.42 Å². The number of methoxy groups -OCH3 is 1. The lowest BCUT2D eigenvalue weighted by Crippen LogP contribution is -2.48. The molecular formula is C21H25N3O6S. The SMILES string of the molecule is COc1ccc(NC(C)=O)cc1S(=O)(=O)N1CCN(Cc2ccc3c(c2)OCO3)CC1. The molecule has 0 spiro atoms. The highest BCUT2D eigenvalue weighted by atomic mass is 32.2. The van der Waals surface area contributed by atoms with E-state index in [2.05, 4.69) is 10.2 Å². The van der Waals surface area contributed by atoms with Crippen molar-refractivity contribution >= 4 is 21.6 Å². The maximum Gasteiger partial charge on any atom is 0.246 e. The van der Waals surface area contributed by atoms with Crippen LogP contribution in [0.2, 0.25) is 0 Å². The largest absolute Gasteiger partial charge is 0.495 e. The van der Waals surface area contributed by atoms with E-state index in [1.165, 1.54) is 24.4 Å². The Bertz CT molecular complexity index is 1080. The summed E-state index contributed by atoms with van der Waals surface area (Å²) in [4.78, 5) is 13.6. The van der Waals surface area contributed by atoms with Gasteiger partial charge in [0.2, 0.25) is 22.7 Å². The van der Waals surface area contributed by atoms with Crippen LogP contribution in [-0.2, 0) is 21.4 Å². The van der Waals surface area contributed by atoms with E-state index in [4.69, 9.17) is 14.2 Å². The molecular weight excluding hydrogens is 422 g/mol. The van der Waals surface area contributed by atoms with Crippen LogP contribution in [0, 0.1) is 0 Å². The normalized spacial score (nSPS) is 16.8. The molecule has 0 atom stereocenters. The monoisotopic (exact) mass is 447 g/mol. The van der Waals surface area contributed by atoms with Crippen molar-refractivity contribution in [3.63, 3.8) is 0 Å². The standard InChI is InChI=1S/C21H25N3O6S/c1-15(25)22-17-4-6-19(28-2)21(12-17)31(26,27)24-9-7-23(8-10-24)13-16-3-5-18-20(11-16)30-14-29-18/h3-6,11-12H,7-10,13-14H2,1-2H3,(H,22,25). The van der Waals surface area contributed by atoms with Crippen LogP contribution in [0.1, 0.15) is 12.5 Å². The molecule has 0 aromatic heterocycles. The summed E-state index contributed by atoms with van der Waals surface area (Å²) in [7, 11) is -2.35. The van der Waals surface area contributed by atoms with Gasteiger partial charge in [0.15, 0.2) is 11.5 Å². The molecule has 0 saturated carbocycles. The quantitative estimate of drug-likeness (QED) is 0.722. The Morgan fingerprint density at radius 1 is 1.06 bits per heavy atom. The lowest BCUT2D eigenvalue weighted by Gasteiger charge is -2.34. The van der Waals surface area contributed by atoms with Gasteiger partial charge in [-0.05, 0) is 35.9 Å². The van der Waals surface area contributed by atoms with Crippen molar-refractivity contribution in [2.24, 2.45) is 0 Å². The number of piperazine rings is 1. The van der Waals surface area contributed by atoms with Gasteiger partial charge in [-0.15, -0.1) is 0 Å². The second-order valence-corrected chi connectivity index (χ2v) is 9.32. The molecule has 166 valence electrons. The molecule has 2 aliphatic heterocycles. The molecule has 0 radical (unpaired) electrons. The Balaban J connectivity index is 1.44. The molecule has 4 rings (SSSR count). The van der Waals surface area contributed by atoms with Gasteiger partial charge >= 0.3 is 0 Å². The summed E-state index contributed by atoms with van der Waals surface area (Å²) >= 11 is 0. The maximum absolute atomic E-state index is 13.3. The van der Waals surface area contributed by atoms with Gasteiger partial charge in [0.1, 0.15) is 10.6 Å². The Morgan fingerprint density at radius 3 is 2.52 bits per heavy atom. The van der Waals surface area contributed by atoms with Gasteiger partial charge in [0, 0.05) is 45.3 Å². The summed E-state index contributed by atoms with van der Waals surface area (Å²) in [6, 6.07) is 10.5. The van der Waals surface area contributed by atoms with Crippen molar-refractivity contribution in [1.29, 1.82) is 0 Å². The highest BCUT2D eigenvalue weighted by molar-refractivity contribution is 7.89. The molecule has 0 bridgehead atoms. The second kappa shape index (κ2) is 8.74. The number of carbonyl (C=O) groups excluding carboxylic acids is 1. The van der Waals surface area contributed by atoms with Gasteiger partial charge < -0.3 is 19.5 Å². The van der Waals surface area contributed by atoms with E-state index in [1.54, 1.807) is 12.1 Å². The number of anilines is 1. The number of hydrogen-bond donors (Lipinski definition) is 1. The number of nitrogens with zero attached hydrogens (tertiary/aromatic N) is 2. The fourth-order valence-corrected chi connectivity index (χ4v) is 5.33. The predicted octanol–water partition coefficient (Wildman–Crippen LogP) is 1.89. The second-order valence-electron chi connectivity index (χ2n) is 7.41. The van der Waals surface area contributed by atoms with Crippen LogP contribution >= 0.6 is 0 Å². The average molecular weight is 448 g/mol. The molecule has 1 amide bonds. The highest BCUT2D eigenvalue weighted by Crippen LogP contribution is 2.33. The molecule has 31 heavy (non-hydrogen) atoms. The number of benzene rings is 2. The summed E-state index contributed by atoms with van der Waals surface area (Å²) < 4.78 is 44.1. The number of sulfonamides is 1. The van der Waals surface area contributed by atoms with Crippen LogP contribution in [0.4, 0.5) is 5.69 Å². The number of ether oxygens (including phenoxy) is 3. The zero-order chi connectivity index (χ0) is 22.0. The van der Waals surface area contributed by atoms with Crippen LogP contribution in [0.3, 0.4) is 0 Å². The lowest BCUT2D eigenvalue weighted by molar-refractivity contribution is -0.114. The van der Waals surface area contributed by atoms with Gasteiger partial charge in [-0.2, -0.15) is 4.31 Å². The third-order valence-corrected chi connectivity index (χ3v) is 7.20. The first kappa shape index (κ1) is 21.4. The lowest BCUT2D eigenvalue weighted by atomic mass is 10.2. The number of nitrogens with one attached hydrogen (secondary N) is 1. The van der Waals surface area contributed by atoms with Crippen LogP contribution in [0.5, 0.6) is 17.2 Å². The number of rotatable bonds is 6. The summed E-state index contributed by atoms with van der Waals surface area (Å²) in [5.41, 5.74) is 1.50. The maximum atomic E-state index is 13.3. The molecule has 0 aliphatic carbocycles. The molecule has 2 aromatic rings. The fraction of sp³-hybridized carbons (Fsp3) is 0.381. The molecule has 2 aromatic carbocycles. The number of fused-ring (bicyclic) bond motifs is 1. The smallest absolute Gasteiger partial charge is 0.246 e. The molecule has 9 nitrogen and oxygen atoms in total. The minimum Gasteiger partial charge on any atom is -0.495 e. The summed E-state index contributed by atoms with van der Waals surface area (Å²) in [6.07, 6.45) is 0. The van der Waals surface area contributed by atoms with Gasteiger partial charge in [-0.3, -0.25) is 9.69 Å². The molecule has 2 heterocycles. The van der Waals surface area contributed by atoms with E-state index in [1.807, 2.05) is 18.2 Å². The topological polar surface area (TPSA) is 97.4 Å². The summed E-state index contributed by atoms with van der Waals surface area (Å²) in [5.74, 6) is 1.46. The van der Waals surface area contributed by atoms with E-state index in [9.17, 15) is 13.2 Å². The summed E-state index contributed by atoms with van der Waals surface area (Å²) in [5, 5.41) is 2.62. The zero-order valence-electron chi connectivity index (χ0n) is 17.5. The average Bonchev–Trinajstić information content (AvgIpc) is 3.21. The van der Waals surface area contributed by atoms with Crippen molar-refractivity contribution in [2.75, 3.05) is 45.4 Å². The fourth-order valence-electron chi connectivity index (χ4n) is 3.72. The molecule has 1 saturated heterocycles.